The third-order valence-electron chi connectivity index (χ3n) is 11.8. The summed E-state index contributed by atoms with van der Waals surface area (Å²) >= 11 is 0. The van der Waals surface area contributed by atoms with Gasteiger partial charge in [0.05, 0.1) is 11.4 Å². The Morgan fingerprint density at radius 2 is 0.932 bits per heavy atom. The Hall–Kier alpha value is -7.88. The van der Waals surface area contributed by atoms with Gasteiger partial charge in [0, 0.05) is 27.5 Å². The Labute approximate surface area is 340 Å². The van der Waals surface area contributed by atoms with Gasteiger partial charge in [0.1, 0.15) is 11.2 Å². The lowest BCUT2D eigenvalue weighted by Gasteiger charge is -2.15. The molecule has 3 heteroatoms. The van der Waals surface area contributed by atoms with Crippen molar-refractivity contribution in [1.29, 1.82) is 0 Å². The summed E-state index contributed by atoms with van der Waals surface area (Å²) in [5.41, 5.74) is 11.3. The van der Waals surface area contributed by atoms with Crippen LogP contribution in [-0.2, 0) is 0 Å². The lowest BCUT2D eigenvalue weighted by Crippen LogP contribution is -1.96. The Morgan fingerprint density at radius 3 is 1.78 bits per heavy atom. The first-order chi connectivity index (χ1) is 29.2. The predicted molar refractivity (Wildman–Crippen MR) is 247 cm³/mol. The second-order valence-electron chi connectivity index (χ2n) is 15.3. The fraction of sp³-hybridized carbons (Fsp3) is 0. The van der Waals surface area contributed by atoms with Crippen LogP contribution in [0.15, 0.2) is 211 Å². The highest BCUT2D eigenvalue weighted by Gasteiger charge is 2.17. The molecule has 2 heterocycles. The molecule has 0 bridgehead atoms. The fourth-order valence-corrected chi connectivity index (χ4v) is 8.98. The lowest BCUT2D eigenvalue weighted by molar-refractivity contribution is 0.669. The second-order valence-corrected chi connectivity index (χ2v) is 15.3. The first kappa shape index (κ1) is 33.3. The molecule has 0 radical (unpaired) electrons. The van der Waals surface area contributed by atoms with Crippen molar-refractivity contribution in [2.24, 2.45) is 0 Å². The lowest BCUT2D eigenvalue weighted by atomic mass is 9.89. The standard InChI is InChI=1S/C56H34N2O/c1-2-12-38(13-3-1)56-57-50(34-51(58-56)47-18-10-20-53-55(47)48-17-8-9-19-52(48)59-53)37-23-21-35(22-24-37)39-25-26-41-32-43(28-27-40(41)31-39)54-45-16-7-5-14-42(45)33-49-44-15-6-4-11-36(44)29-30-46(49)54/h1-34H. The van der Waals surface area contributed by atoms with Crippen molar-refractivity contribution < 1.29 is 4.42 Å². The van der Waals surface area contributed by atoms with Crippen molar-refractivity contribution in [3.05, 3.63) is 206 Å². The molecule has 59 heavy (non-hydrogen) atoms. The van der Waals surface area contributed by atoms with Crippen LogP contribution >= 0.6 is 0 Å². The van der Waals surface area contributed by atoms with E-state index >= 15 is 0 Å². The Morgan fingerprint density at radius 1 is 0.305 bits per heavy atom. The van der Waals surface area contributed by atoms with E-state index in [0.717, 1.165) is 55.6 Å². The molecule has 2 aromatic heterocycles. The normalized spacial score (nSPS) is 11.7. The fourth-order valence-electron chi connectivity index (χ4n) is 8.98. The van der Waals surface area contributed by atoms with Gasteiger partial charge < -0.3 is 4.42 Å². The number of furan rings is 1. The molecular weight excluding hydrogens is 717 g/mol. The minimum absolute atomic E-state index is 0.686. The maximum absolute atomic E-state index is 6.25. The average molecular weight is 751 g/mol. The summed E-state index contributed by atoms with van der Waals surface area (Å²) in [7, 11) is 0. The van der Waals surface area contributed by atoms with Crippen LogP contribution in [0.4, 0.5) is 0 Å². The molecule has 0 amide bonds. The summed E-state index contributed by atoms with van der Waals surface area (Å²) in [6.07, 6.45) is 0. The van der Waals surface area contributed by atoms with E-state index < -0.39 is 0 Å². The molecule has 0 unspecified atom stereocenters. The van der Waals surface area contributed by atoms with E-state index in [-0.39, 0.29) is 0 Å². The quantitative estimate of drug-likeness (QED) is 0.130. The smallest absolute Gasteiger partial charge is 0.160 e. The predicted octanol–water partition coefficient (Wildman–Crippen LogP) is 15.3. The average Bonchev–Trinajstić information content (AvgIpc) is 3.70. The Kier molecular flexibility index (Phi) is 7.54. The molecule has 274 valence electrons. The molecular formula is C56H34N2O. The third-order valence-corrected chi connectivity index (χ3v) is 11.8. The molecule has 12 aromatic rings. The number of rotatable bonds is 5. The number of nitrogens with zero attached hydrogens (tertiary/aromatic N) is 2. The maximum Gasteiger partial charge on any atom is 0.160 e. The van der Waals surface area contributed by atoms with Crippen molar-refractivity contribution >= 4 is 65.0 Å². The number of aromatic nitrogens is 2. The SMILES string of the molecule is c1ccc(-c2nc(-c3ccc(-c4ccc5cc(-c6c7ccccc7cc7c6ccc6ccccc67)ccc5c4)cc3)cc(-c3cccc4oc5ccccc5c34)n2)cc1. The van der Waals surface area contributed by atoms with Crippen molar-refractivity contribution in [2.75, 3.05) is 0 Å². The number of fused-ring (bicyclic) bond motifs is 8. The summed E-state index contributed by atoms with van der Waals surface area (Å²) in [5.74, 6) is 0.686. The van der Waals surface area contributed by atoms with Gasteiger partial charge in [0.25, 0.3) is 0 Å². The molecule has 0 fully saturated rings. The highest BCUT2D eigenvalue weighted by Crippen LogP contribution is 2.41. The van der Waals surface area contributed by atoms with E-state index in [2.05, 4.69) is 164 Å². The molecule has 0 atom stereocenters. The molecule has 0 spiro atoms. The van der Waals surface area contributed by atoms with Gasteiger partial charge in [-0.1, -0.05) is 170 Å². The summed E-state index contributed by atoms with van der Waals surface area (Å²) in [4.78, 5) is 10.3. The summed E-state index contributed by atoms with van der Waals surface area (Å²) in [5, 5.41) is 12.2. The zero-order valence-electron chi connectivity index (χ0n) is 31.9. The third kappa shape index (κ3) is 5.59. The molecule has 0 aliphatic heterocycles. The first-order valence-electron chi connectivity index (χ1n) is 20.1. The number of benzene rings is 10. The molecule has 12 rings (SSSR count). The Bertz CT molecular complexity index is 3600. The van der Waals surface area contributed by atoms with Crippen molar-refractivity contribution in [1.82, 2.24) is 9.97 Å². The van der Waals surface area contributed by atoms with Crippen LogP contribution in [0, 0.1) is 0 Å². The van der Waals surface area contributed by atoms with E-state index in [1.54, 1.807) is 0 Å². The summed E-state index contributed by atoms with van der Waals surface area (Å²) < 4.78 is 6.25. The van der Waals surface area contributed by atoms with Crippen molar-refractivity contribution in [2.45, 2.75) is 0 Å². The zero-order chi connectivity index (χ0) is 38.9. The van der Waals surface area contributed by atoms with Gasteiger partial charge in [0.2, 0.25) is 0 Å². The van der Waals surface area contributed by atoms with Gasteiger partial charge in [0.15, 0.2) is 5.82 Å². The van der Waals surface area contributed by atoms with Crippen LogP contribution in [0.25, 0.3) is 121 Å². The first-order valence-corrected chi connectivity index (χ1v) is 20.1. The molecule has 3 nitrogen and oxygen atoms in total. The van der Waals surface area contributed by atoms with Crippen LogP contribution in [0.3, 0.4) is 0 Å². The van der Waals surface area contributed by atoms with Crippen LogP contribution in [0.1, 0.15) is 0 Å². The number of hydrogen-bond acceptors (Lipinski definition) is 3. The molecule has 10 aromatic carbocycles. The second kappa shape index (κ2) is 13.4. The minimum atomic E-state index is 0.686. The van der Waals surface area contributed by atoms with Gasteiger partial charge in [-0.05, 0) is 102 Å². The van der Waals surface area contributed by atoms with Crippen molar-refractivity contribution in [3.63, 3.8) is 0 Å². The number of para-hydroxylation sites is 1. The van der Waals surface area contributed by atoms with E-state index in [1.807, 2.05) is 42.5 Å². The van der Waals surface area contributed by atoms with Crippen molar-refractivity contribution in [3.8, 4) is 56.2 Å². The van der Waals surface area contributed by atoms with Crippen LogP contribution in [0.2, 0.25) is 0 Å². The van der Waals surface area contributed by atoms with E-state index in [9.17, 15) is 0 Å². The summed E-state index contributed by atoms with van der Waals surface area (Å²) in [6, 6.07) is 73.5. The molecule has 0 aliphatic carbocycles. The van der Waals surface area contributed by atoms with E-state index in [1.165, 1.54) is 59.8 Å². The Balaban J connectivity index is 0.927. The van der Waals surface area contributed by atoms with Crippen LogP contribution in [-0.4, -0.2) is 9.97 Å². The minimum Gasteiger partial charge on any atom is -0.456 e. The van der Waals surface area contributed by atoms with Gasteiger partial charge in [-0.15, -0.1) is 0 Å². The highest BCUT2D eigenvalue weighted by atomic mass is 16.3. The van der Waals surface area contributed by atoms with Gasteiger partial charge in [-0.25, -0.2) is 9.97 Å². The molecule has 0 aliphatic rings. The van der Waals surface area contributed by atoms with Gasteiger partial charge in [-0.3, -0.25) is 0 Å². The van der Waals surface area contributed by atoms with E-state index in [0.29, 0.717) is 5.82 Å². The molecule has 0 saturated carbocycles. The van der Waals surface area contributed by atoms with E-state index in [4.69, 9.17) is 14.4 Å². The van der Waals surface area contributed by atoms with Crippen LogP contribution < -0.4 is 0 Å². The zero-order valence-corrected chi connectivity index (χ0v) is 31.9. The maximum atomic E-state index is 6.25. The highest BCUT2D eigenvalue weighted by molar-refractivity contribution is 6.20. The van der Waals surface area contributed by atoms with Gasteiger partial charge in [-0.2, -0.15) is 0 Å². The topological polar surface area (TPSA) is 38.9 Å². The monoisotopic (exact) mass is 750 g/mol. The molecule has 0 N–H and O–H groups in total. The molecule has 0 saturated heterocycles. The number of hydrogen-bond donors (Lipinski definition) is 0. The largest absolute Gasteiger partial charge is 0.456 e. The summed E-state index contributed by atoms with van der Waals surface area (Å²) in [6.45, 7) is 0. The van der Waals surface area contributed by atoms with Gasteiger partial charge >= 0.3 is 0 Å². The van der Waals surface area contributed by atoms with Crippen LogP contribution in [0.5, 0.6) is 0 Å².